The van der Waals surface area contributed by atoms with Crippen LogP contribution in [0.1, 0.15) is 18.1 Å². The highest BCUT2D eigenvalue weighted by molar-refractivity contribution is 7.92. The van der Waals surface area contributed by atoms with Crippen LogP contribution in [-0.4, -0.2) is 38.6 Å². The van der Waals surface area contributed by atoms with Gasteiger partial charge in [0, 0.05) is 13.6 Å². The number of rotatable bonds is 6. The fourth-order valence-electron chi connectivity index (χ4n) is 2.82. The van der Waals surface area contributed by atoms with E-state index in [4.69, 9.17) is 0 Å². The molecule has 0 saturated heterocycles. The van der Waals surface area contributed by atoms with E-state index < -0.39 is 16.1 Å². The summed E-state index contributed by atoms with van der Waals surface area (Å²) in [5.74, 6) is -0.254. The van der Waals surface area contributed by atoms with Gasteiger partial charge in [0.25, 0.3) is 0 Å². The van der Waals surface area contributed by atoms with Crippen LogP contribution in [0.25, 0.3) is 0 Å². The van der Waals surface area contributed by atoms with E-state index in [1.807, 2.05) is 43.3 Å². The Hall–Kier alpha value is -2.34. The van der Waals surface area contributed by atoms with Crippen LogP contribution in [0.2, 0.25) is 0 Å². The summed E-state index contributed by atoms with van der Waals surface area (Å²) in [4.78, 5) is 14.4. The van der Waals surface area contributed by atoms with Gasteiger partial charge in [-0.2, -0.15) is 0 Å². The Kier molecular flexibility index (Phi) is 5.85. The third kappa shape index (κ3) is 4.82. The fraction of sp³-hybridized carbons (Fsp3) is 0.316. The summed E-state index contributed by atoms with van der Waals surface area (Å²) >= 11 is 0. The maximum Gasteiger partial charge on any atom is 0.246 e. The maximum absolute atomic E-state index is 12.8. The zero-order valence-electron chi connectivity index (χ0n) is 15.0. The van der Waals surface area contributed by atoms with Gasteiger partial charge < -0.3 is 4.90 Å². The molecule has 0 saturated carbocycles. The number of hydrogen-bond donors (Lipinski definition) is 0. The number of anilines is 1. The van der Waals surface area contributed by atoms with E-state index in [1.165, 1.54) is 4.31 Å². The van der Waals surface area contributed by atoms with Crippen molar-refractivity contribution in [3.63, 3.8) is 0 Å². The van der Waals surface area contributed by atoms with E-state index in [0.29, 0.717) is 12.2 Å². The van der Waals surface area contributed by atoms with Crippen molar-refractivity contribution in [2.75, 3.05) is 17.6 Å². The summed E-state index contributed by atoms with van der Waals surface area (Å²) in [6.07, 6.45) is 1.12. The molecule has 0 aliphatic rings. The zero-order valence-corrected chi connectivity index (χ0v) is 15.8. The molecular formula is C19H24N2O3S. The van der Waals surface area contributed by atoms with E-state index in [9.17, 15) is 13.2 Å². The molecule has 0 heterocycles. The molecule has 0 unspecified atom stereocenters. The van der Waals surface area contributed by atoms with Crippen LogP contribution in [0.3, 0.4) is 0 Å². The number of sulfonamides is 1. The lowest BCUT2D eigenvalue weighted by molar-refractivity contribution is -0.131. The molecular weight excluding hydrogens is 336 g/mol. The second-order valence-corrected chi connectivity index (χ2v) is 8.11. The zero-order chi connectivity index (χ0) is 18.6. The molecule has 0 N–H and O–H groups in total. The molecule has 2 rings (SSSR count). The molecule has 6 heteroatoms. The molecule has 0 aliphatic carbocycles. The van der Waals surface area contributed by atoms with Gasteiger partial charge in [-0.3, -0.25) is 9.10 Å². The largest absolute Gasteiger partial charge is 0.340 e. The minimum Gasteiger partial charge on any atom is -0.340 e. The van der Waals surface area contributed by atoms with Crippen LogP contribution in [0.4, 0.5) is 5.69 Å². The Morgan fingerprint density at radius 2 is 1.72 bits per heavy atom. The second kappa shape index (κ2) is 7.70. The van der Waals surface area contributed by atoms with Gasteiger partial charge in [0.15, 0.2) is 0 Å². The van der Waals surface area contributed by atoms with Crippen molar-refractivity contribution < 1.29 is 13.2 Å². The molecule has 2 aromatic carbocycles. The first-order valence-corrected chi connectivity index (χ1v) is 9.90. The predicted molar refractivity (Wildman–Crippen MR) is 101 cm³/mol. The summed E-state index contributed by atoms with van der Waals surface area (Å²) in [6, 6.07) is 15.9. The van der Waals surface area contributed by atoms with Crippen molar-refractivity contribution >= 4 is 21.6 Å². The van der Waals surface area contributed by atoms with Crippen LogP contribution in [0.5, 0.6) is 0 Å². The van der Waals surface area contributed by atoms with E-state index in [-0.39, 0.29) is 5.91 Å². The predicted octanol–water partition coefficient (Wildman–Crippen LogP) is 2.81. The lowest BCUT2D eigenvalue weighted by atomic mass is 10.2. The highest BCUT2D eigenvalue weighted by Crippen LogP contribution is 2.23. The highest BCUT2D eigenvalue weighted by atomic mass is 32.2. The minimum atomic E-state index is -3.60. The van der Waals surface area contributed by atoms with Crippen molar-refractivity contribution in [2.24, 2.45) is 0 Å². The van der Waals surface area contributed by atoms with Crippen molar-refractivity contribution in [1.29, 1.82) is 0 Å². The van der Waals surface area contributed by atoms with Gasteiger partial charge in [0.1, 0.15) is 6.04 Å². The molecule has 0 fully saturated rings. The topological polar surface area (TPSA) is 57.7 Å². The molecule has 134 valence electrons. The number of amides is 1. The lowest BCUT2D eigenvalue weighted by Gasteiger charge is -2.31. The SMILES string of the molecule is Cc1cccc(N([C@@H](C)C(=O)N(C)Cc2ccccc2)S(C)(=O)=O)c1. The van der Waals surface area contributed by atoms with Crippen molar-refractivity contribution in [3.05, 3.63) is 65.7 Å². The summed E-state index contributed by atoms with van der Waals surface area (Å²) in [5.41, 5.74) is 2.42. The lowest BCUT2D eigenvalue weighted by Crippen LogP contribution is -2.48. The van der Waals surface area contributed by atoms with Crippen molar-refractivity contribution in [1.82, 2.24) is 4.90 Å². The number of aryl methyl sites for hydroxylation is 1. The van der Waals surface area contributed by atoms with E-state index >= 15 is 0 Å². The van der Waals surface area contributed by atoms with Crippen molar-refractivity contribution in [2.45, 2.75) is 26.4 Å². The number of hydrogen-bond acceptors (Lipinski definition) is 3. The first-order valence-electron chi connectivity index (χ1n) is 8.05. The van der Waals surface area contributed by atoms with Crippen LogP contribution in [-0.2, 0) is 21.4 Å². The number of benzene rings is 2. The molecule has 0 bridgehead atoms. The van der Waals surface area contributed by atoms with Gasteiger partial charge in [-0.1, -0.05) is 42.5 Å². The summed E-state index contributed by atoms with van der Waals surface area (Å²) in [5, 5.41) is 0. The fourth-order valence-corrected chi connectivity index (χ4v) is 3.98. The van der Waals surface area contributed by atoms with E-state index in [2.05, 4.69) is 0 Å². The Balaban J connectivity index is 2.27. The molecule has 2 aromatic rings. The number of nitrogens with zero attached hydrogens (tertiary/aromatic N) is 2. The third-order valence-corrected chi connectivity index (χ3v) is 5.20. The Bertz CT molecular complexity index is 835. The monoisotopic (exact) mass is 360 g/mol. The highest BCUT2D eigenvalue weighted by Gasteiger charge is 2.30. The average molecular weight is 360 g/mol. The molecule has 0 aromatic heterocycles. The van der Waals surface area contributed by atoms with Crippen LogP contribution in [0.15, 0.2) is 54.6 Å². The minimum absolute atomic E-state index is 0.254. The van der Waals surface area contributed by atoms with Gasteiger partial charge in [0.05, 0.1) is 11.9 Å². The first-order chi connectivity index (χ1) is 11.7. The smallest absolute Gasteiger partial charge is 0.246 e. The van der Waals surface area contributed by atoms with Crippen molar-refractivity contribution in [3.8, 4) is 0 Å². The maximum atomic E-state index is 12.8. The standard InChI is InChI=1S/C19H24N2O3S/c1-15-9-8-12-18(13-15)21(25(4,23)24)16(2)19(22)20(3)14-17-10-6-5-7-11-17/h5-13,16H,14H2,1-4H3/t16-/m0/s1. The van der Waals surface area contributed by atoms with Gasteiger partial charge in [-0.25, -0.2) is 8.42 Å². The average Bonchev–Trinajstić information content (AvgIpc) is 2.54. The quantitative estimate of drug-likeness (QED) is 0.796. The Morgan fingerprint density at radius 3 is 2.28 bits per heavy atom. The van der Waals surface area contributed by atoms with Crippen LogP contribution >= 0.6 is 0 Å². The normalized spacial score (nSPS) is 12.5. The van der Waals surface area contributed by atoms with Crippen LogP contribution < -0.4 is 4.31 Å². The summed E-state index contributed by atoms with van der Waals surface area (Å²) < 4.78 is 25.8. The number of likely N-dealkylation sites (N-methyl/N-ethyl adjacent to an activating group) is 1. The number of carbonyl (C=O) groups is 1. The van der Waals surface area contributed by atoms with Gasteiger partial charge >= 0.3 is 0 Å². The first kappa shape index (κ1) is 19.0. The Labute approximate surface area is 149 Å². The second-order valence-electron chi connectivity index (χ2n) is 6.25. The molecule has 1 amide bonds. The summed E-state index contributed by atoms with van der Waals surface area (Å²) in [6.45, 7) is 3.93. The Morgan fingerprint density at radius 1 is 1.08 bits per heavy atom. The molecule has 0 radical (unpaired) electrons. The molecule has 0 spiro atoms. The van der Waals surface area contributed by atoms with Gasteiger partial charge in [-0.05, 0) is 37.1 Å². The number of carbonyl (C=O) groups excluding carboxylic acids is 1. The van der Waals surface area contributed by atoms with Gasteiger partial charge in [-0.15, -0.1) is 0 Å². The molecule has 1 atom stereocenters. The molecule has 25 heavy (non-hydrogen) atoms. The third-order valence-electron chi connectivity index (χ3n) is 3.96. The van der Waals surface area contributed by atoms with Gasteiger partial charge in [0.2, 0.25) is 15.9 Å². The van der Waals surface area contributed by atoms with E-state index in [1.54, 1.807) is 37.1 Å². The molecule has 5 nitrogen and oxygen atoms in total. The van der Waals surface area contributed by atoms with E-state index in [0.717, 1.165) is 17.4 Å². The summed E-state index contributed by atoms with van der Waals surface area (Å²) in [7, 11) is -1.92. The molecule has 0 aliphatic heterocycles. The van der Waals surface area contributed by atoms with Crippen LogP contribution in [0, 0.1) is 6.92 Å².